The quantitative estimate of drug-likeness (QED) is 0.675. The van der Waals surface area contributed by atoms with Crippen LogP contribution >= 0.6 is 0 Å². The summed E-state index contributed by atoms with van der Waals surface area (Å²) in [5.74, 6) is -0.342. The van der Waals surface area contributed by atoms with Crippen molar-refractivity contribution in [1.29, 1.82) is 0 Å². The third-order valence-corrected chi connectivity index (χ3v) is 3.49. The molecule has 0 bridgehead atoms. The molecule has 0 spiro atoms. The summed E-state index contributed by atoms with van der Waals surface area (Å²) in [6.07, 6.45) is 0. The van der Waals surface area contributed by atoms with Crippen LogP contribution in [0.5, 0.6) is 11.5 Å². The van der Waals surface area contributed by atoms with Crippen LogP contribution in [0.15, 0.2) is 42.5 Å². The van der Waals surface area contributed by atoms with E-state index in [1.807, 2.05) is 0 Å². The maximum absolute atomic E-state index is 12.4. The summed E-state index contributed by atoms with van der Waals surface area (Å²) < 4.78 is 10.5. The fourth-order valence-corrected chi connectivity index (χ4v) is 2.26. The molecule has 0 aliphatic carbocycles. The molecule has 2 rings (SSSR count). The van der Waals surface area contributed by atoms with E-state index in [2.05, 4.69) is 16.2 Å². The van der Waals surface area contributed by atoms with Crippen molar-refractivity contribution in [2.24, 2.45) is 0 Å². The van der Waals surface area contributed by atoms with Crippen LogP contribution in [0.4, 0.5) is 5.69 Å². The number of hydrogen-bond acceptors (Lipinski definition) is 5. The van der Waals surface area contributed by atoms with Crippen molar-refractivity contribution >= 4 is 23.4 Å². The Balaban J connectivity index is 2.07. The third-order valence-electron chi connectivity index (χ3n) is 3.49. The molecule has 0 atom stereocenters. The van der Waals surface area contributed by atoms with Gasteiger partial charge >= 0.3 is 0 Å². The molecule has 27 heavy (non-hydrogen) atoms. The van der Waals surface area contributed by atoms with Crippen LogP contribution in [0.1, 0.15) is 34.6 Å². The van der Waals surface area contributed by atoms with E-state index < -0.39 is 11.8 Å². The number of methoxy groups -OCH3 is 1. The zero-order chi connectivity index (χ0) is 19.8. The second-order valence-corrected chi connectivity index (χ2v) is 5.46. The fourth-order valence-electron chi connectivity index (χ4n) is 2.26. The molecule has 8 heteroatoms. The van der Waals surface area contributed by atoms with Gasteiger partial charge in [-0.25, -0.2) is 0 Å². The highest BCUT2D eigenvalue weighted by Crippen LogP contribution is 2.23. The molecule has 0 saturated carbocycles. The lowest BCUT2D eigenvalue weighted by molar-refractivity contribution is -0.114. The van der Waals surface area contributed by atoms with Gasteiger partial charge in [0.1, 0.15) is 11.5 Å². The first-order valence-corrected chi connectivity index (χ1v) is 8.23. The molecule has 0 aliphatic rings. The van der Waals surface area contributed by atoms with Crippen LogP contribution in [0.2, 0.25) is 0 Å². The fraction of sp³-hybridized carbons (Fsp3) is 0.211. The molecule has 3 amide bonds. The molecule has 142 valence electrons. The Morgan fingerprint density at radius 2 is 1.63 bits per heavy atom. The molecule has 2 aromatic carbocycles. The van der Waals surface area contributed by atoms with Crippen LogP contribution in [-0.4, -0.2) is 31.4 Å². The van der Waals surface area contributed by atoms with E-state index in [1.165, 1.54) is 20.1 Å². The lowest BCUT2D eigenvalue weighted by Gasteiger charge is -2.13. The zero-order valence-electron chi connectivity index (χ0n) is 15.3. The SMILES string of the molecule is CCOc1cc(NC(C)=O)ccc1C(=O)NNC(=O)c1ccc(OC)cc1. The largest absolute Gasteiger partial charge is 0.497 e. The number of carbonyl (C=O) groups excluding carboxylic acids is 3. The summed E-state index contributed by atoms with van der Waals surface area (Å²) in [7, 11) is 1.53. The van der Waals surface area contributed by atoms with E-state index in [0.717, 1.165) is 0 Å². The van der Waals surface area contributed by atoms with Crippen molar-refractivity contribution in [3.8, 4) is 11.5 Å². The molecule has 0 unspecified atom stereocenters. The van der Waals surface area contributed by atoms with Crippen LogP contribution in [0.3, 0.4) is 0 Å². The van der Waals surface area contributed by atoms with Gasteiger partial charge in [0.25, 0.3) is 11.8 Å². The predicted molar refractivity (Wildman–Crippen MR) is 99.8 cm³/mol. The number of hydrazine groups is 1. The van der Waals surface area contributed by atoms with E-state index in [4.69, 9.17) is 9.47 Å². The van der Waals surface area contributed by atoms with E-state index in [0.29, 0.717) is 29.4 Å². The Morgan fingerprint density at radius 1 is 0.963 bits per heavy atom. The minimum Gasteiger partial charge on any atom is -0.497 e. The molecule has 8 nitrogen and oxygen atoms in total. The Kier molecular flexibility index (Phi) is 6.76. The molecular formula is C19H21N3O5. The van der Waals surface area contributed by atoms with E-state index >= 15 is 0 Å². The zero-order valence-corrected chi connectivity index (χ0v) is 15.3. The monoisotopic (exact) mass is 371 g/mol. The highest BCUT2D eigenvalue weighted by molar-refractivity contribution is 6.01. The van der Waals surface area contributed by atoms with Crippen LogP contribution in [0, 0.1) is 0 Å². The first-order valence-electron chi connectivity index (χ1n) is 8.23. The number of anilines is 1. The third kappa shape index (κ3) is 5.46. The van der Waals surface area contributed by atoms with E-state index in [1.54, 1.807) is 43.3 Å². The highest BCUT2D eigenvalue weighted by Gasteiger charge is 2.15. The number of rotatable bonds is 6. The first-order chi connectivity index (χ1) is 12.9. The van der Waals surface area contributed by atoms with Gasteiger partial charge in [0.15, 0.2) is 0 Å². The van der Waals surface area contributed by atoms with Gasteiger partial charge in [-0.15, -0.1) is 0 Å². The number of benzene rings is 2. The van der Waals surface area contributed by atoms with Gasteiger partial charge in [-0.2, -0.15) is 0 Å². The summed E-state index contributed by atoms with van der Waals surface area (Å²) >= 11 is 0. The average Bonchev–Trinajstić information content (AvgIpc) is 2.66. The van der Waals surface area contributed by atoms with Crippen LogP contribution in [0.25, 0.3) is 0 Å². The van der Waals surface area contributed by atoms with Gasteiger partial charge < -0.3 is 14.8 Å². The summed E-state index contributed by atoms with van der Waals surface area (Å²) in [6.45, 7) is 3.50. The van der Waals surface area contributed by atoms with Gasteiger partial charge in [0.05, 0.1) is 19.3 Å². The lowest BCUT2D eigenvalue weighted by atomic mass is 10.1. The highest BCUT2D eigenvalue weighted by atomic mass is 16.5. The standard InChI is InChI=1S/C19H21N3O5/c1-4-27-17-11-14(20-12(2)23)7-10-16(17)19(25)22-21-18(24)13-5-8-15(26-3)9-6-13/h5-11H,4H2,1-3H3,(H,20,23)(H,21,24)(H,22,25). The van der Waals surface area contributed by atoms with E-state index in [-0.39, 0.29) is 11.5 Å². The van der Waals surface area contributed by atoms with Crippen molar-refractivity contribution in [2.75, 3.05) is 19.0 Å². The molecule has 0 radical (unpaired) electrons. The van der Waals surface area contributed by atoms with Gasteiger partial charge in [0, 0.05) is 24.2 Å². The number of carbonyl (C=O) groups is 3. The van der Waals surface area contributed by atoms with Crippen molar-refractivity contribution in [3.05, 3.63) is 53.6 Å². The first kappa shape index (κ1) is 19.8. The van der Waals surface area contributed by atoms with Crippen molar-refractivity contribution < 1.29 is 23.9 Å². The summed E-state index contributed by atoms with van der Waals surface area (Å²) in [6, 6.07) is 11.1. The summed E-state index contributed by atoms with van der Waals surface area (Å²) in [5.41, 5.74) is 5.78. The topological polar surface area (TPSA) is 106 Å². The Morgan fingerprint density at radius 3 is 2.22 bits per heavy atom. The van der Waals surface area contributed by atoms with Gasteiger partial charge in [0.2, 0.25) is 5.91 Å². The molecule has 0 aromatic heterocycles. The normalized spacial score (nSPS) is 9.89. The van der Waals surface area contributed by atoms with Crippen LogP contribution in [-0.2, 0) is 4.79 Å². The number of nitrogens with one attached hydrogen (secondary N) is 3. The van der Waals surface area contributed by atoms with Crippen molar-refractivity contribution in [1.82, 2.24) is 10.9 Å². The molecule has 0 aliphatic heterocycles. The van der Waals surface area contributed by atoms with Gasteiger partial charge in [-0.05, 0) is 43.3 Å². The maximum Gasteiger partial charge on any atom is 0.273 e. The second kappa shape index (κ2) is 9.23. The Bertz CT molecular complexity index is 834. The molecule has 3 N–H and O–H groups in total. The number of hydrogen-bond donors (Lipinski definition) is 3. The molecule has 0 fully saturated rings. The summed E-state index contributed by atoms with van der Waals surface area (Å²) in [4.78, 5) is 35.7. The van der Waals surface area contributed by atoms with Gasteiger partial charge in [-0.1, -0.05) is 0 Å². The molecule has 0 heterocycles. The summed E-state index contributed by atoms with van der Waals surface area (Å²) in [5, 5.41) is 2.62. The van der Waals surface area contributed by atoms with E-state index in [9.17, 15) is 14.4 Å². The average molecular weight is 371 g/mol. The second-order valence-electron chi connectivity index (χ2n) is 5.46. The molecule has 2 aromatic rings. The maximum atomic E-state index is 12.4. The molecular weight excluding hydrogens is 350 g/mol. The predicted octanol–water partition coefficient (Wildman–Crippen LogP) is 2.13. The lowest BCUT2D eigenvalue weighted by Crippen LogP contribution is -2.41. The Labute approximate surface area is 156 Å². The number of ether oxygens (including phenoxy) is 2. The Hall–Kier alpha value is -3.55. The molecule has 0 saturated heterocycles. The number of amides is 3. The smallest absolute Gasteiger partial charge is 0.273 e. The minimum absolute atomic E-state index is 0.223. The van der Waals surface area contributed by atoms with Crippen molar-refractivity contribution in [2.45, 2.75) is 13.8 Å². The minimum atomic E-state index is -0.547. The van der Waals surface area contributed by atoms with Crippen LogP contribution < -0.4 is 25.6 Å². The van der Waals surface area contributed by atoms with Gasteiger partial charge in [-0.3, -0.25) is 25.2 Å². The van der Waals surface area contributed by atoms with Crippen molar-refractivity contribution in [3.63, 3.8) is 0 Å².